The Hall–Kier alpha value is -3.71. The van der Waals surface area contributed by atoms with E-state index in [0.29, 0.717) is 6.54 Å². The number of benzene rings is 2. The number of H-pyrrole nitrogens is 1. The first-order valence-corrected chi connectivity index (χ1v) is 9.73. The van der Waals surface area contributed by atoms with Gasteiger partial charge in [-0.3, -0.25) is 14.9 Å². The van der Waals surface area contributed by atoms with Crippen LogP contribution in [-0.4, -0.2) is 39.3 Å². The van der Waals surface area contributed by atoms with Gasteiger partial charge in [0.2, 0.25) is 5.91 Å². The molecule has 1 unspecified atom stereocenters. The Bertz CT molecular complexity index is 1160. The SMILES string of the molecule is Cc1[nH]nc2ccc(-c3cncc(NC(CNC(=O)CO)c4ccccc4)c3)cc12. The normalized spacial score (nSPS) is 11.9. The number of nitrogens with one attached hydrogen (secondary N) is 3. The molecule has 2 heterocycles. The highest BCUT2D eigenvalue weighted by molar-refractivity contribution is 5.86. The lowest BCUT2D eigenvalue weighted by atomic mass is 10.0. The number of hydrogen-bond donors (Lipinski definition) is 4. The Morgan fingerprint density at radius 1 is 1.10 bits per heavy atom. The summed E-state index contributed by atoms with van der Waals surface area (Å²) in [5.41, 5.74) is 5.85. The van der Waals surface area contributed by atoms with Gasteiger partial charge in [-0.1, -0.05) is 36.4 Å². The molecule has 4 rings (SSSR count). The van der Waals surface area contributed by atoms with Crippen molar-refractivity contribution in [1.29, 1.82) is 0 Å². The lowest BCUT2D eigenvalue weighted by Crippen LogP contribution is -2.33. The third-order valence-electron chi connectivity index (χ3n) is 5.01. The largest absolute Gasteiger partial charge is 0.387 e. The Morgan fingerprint density at radius 3 is 2.73 bits per heavy atom. The number of nitrogens with zero attached hydrogens (tertiary/aromatic N) is 2. The second-order valence-corrected chi connectivity index (χ2v) is 7.11. The minimum atomic E-state index is -0.533. The lowest BCUT2D eigenvalue weighted by Gasteiger charge is -2.21. The highest BCUT2D eigenvalue weighted by Gasteiger charge is 2.13. The zero-order chi connectivity index (χ0) is 20.9. The van der Waals surface area contributed by atoms with Gasteiger partial charge in [0, 0.05) is 35.6 Å². The van der Waals surface area contributed by atoms with Crippen LogP contribution in [0.15, 0.2) is 67.0 Å². The molecule has 7 heteroatoms. The number of aromatic amines is 1. The zero-order valence-corrected chi connectivity index (χ0v) is 16.6. The van der Waals surface area contributed by atoms with Crippen molar-refractivity contribution in [2.75, 3.05) is 18.5 Å². The molecule has 0 spiro atoms. The van der Waals surface area contributed by atoms with Gasteiger partial charge in [-0.15, -0.1) is 0 Å². The van der Waals surface area contributed by atoms with E-state index in [9.17, 15) is 4.79 Å². The minimum Gasteiger partial charge on any atom is -0.387 e. The van der Waals surface area contributed by atoms with E-state index in [1.807, 2.05) is 61.7 Å². The van der Waals surface area contributed by atoms with Crippen molar-refractivity contribution in [3.8, 4) is 11.1 Å². The quantitative estimate of drug-likeness (QED) is 0.381. The topological polar surface area (TPSA) is 103 Å². The van der Waals surface area contributed by atoms with Crippen LogP contribution in [0.1, 0.15) is 17.3 Å². The Morgan fingerprint density at radius 2 is 1.93 bits per heavy atom. The second kappa shape index (κ2) is 8.75. The van der Waals surface area contributed by atoms with Crippen molar-refractivity contribution >= 4 is 22.5 Å². The fourth-order valence-electron chi connectivity index (χ4n) is 3.41. The van der Waals surface area contributed by atoms with E-state index in [-0.39, 0.29) is 6.04 Å². The molecule has 0 aliphatic carbocycles. The highest BCUT2D eigenvalue weighted by atomic mass is 16.3. The average Bonchev–Trinajstić information content (AvgIpc) is 3.17. The lowest BCUT2D eigenvalue weighted by molar-refractivity contribution is -0.123. The number of rotatable bonds is 7. The van der Waals surface area contributed by atoms with Crippen molar-refractivity contribution < 1.29 is 9.90 Å². The number of anilines is 1. The molecular weight excluding hydrogens is 378 g/mol. The van der Waals surface area contributed by atoms with Gasteiger partial charge >= 0.3 is 0 Å². The van der Waals surface area contributed by atoms with Crippen molar-refractivity contribution in [1.82, 2.24) is 20.5 Å². The fraction of sp³-hybridized carbons (Fsp3) is 0.174. The monoisotopic (exact) mass is 401 g/mol. The summed E-state index contributed by atoms with van der Waals surface area (Å²) in [6.07, 6.45) is 3.59. The van der Waals surface area contributed by atoms with Crippen LogP contribution < -0.4 is 10.6 Å². The number of fused-ring (bicyclic) bond motifs is 1. The predicted molar refractivity (Wildman–Crippen MR) is 117 cm³/mol. The number of aliphatic hydroxyl groups excluding tert-OH is 1. The number of amides is 1. The molecule has 4 N–H and O–H groups in total. The van der Waals surface area contributed by atoms with Crippen LogP contribution in [0.2, 0.25) is 0 Å². The van der Waals surface area contributed by atoms with E-state index in [1.165, 1.54) is 0 Å². The number of aryl methyl sites for hydroxylation is 1. The smallest absolute Gasteiger partial charge is 0.245 e. The molecule has 152 valence electrons. The molecule has 0 saturated heterocycles. The van der Waals surface area contributed by atoms with E-state index in [4.69, 9.17) is 5.11 Å². The van der Waals surface area contributed by atoms with E-state index >= 15 is 0 Å². The van der Waals surface area contributed by atoms with E-state index in [1.54, 1.807) is 6.20 Å². The Labute approximate surface area is 174 Å². The zero-order valence-electron chi connectivity index (χ0n) is 16.6. The number of pyridine rings is 1. The molecule has 2 aromatic carbocycles. The molecule has 0 aliphatic heterocycles. The summed E-state index contributed by atoms with van der Waals surface area (Å²) in [6.45, 7) is 1.81. The maximum absolute atomic E-state index is 11.5. The Kier molecular flexibility index (Phi) is 5.72. The molecule has 0 saturated carbocycles. The number of hydrogen-bond acceptors (Lipinski definition) is 5. The van der Waals surface area contributed by atoms with Crippen LogP contribution in [0, 0.1) is 6.92 Å². The maximum atomic E-state index is 11.5. The summed E-state index contributed by atoms with van der Waals surface area (Å²) in [5, 5.41) is 23.6. The first kappa shape index (κ1) is 19.6. The molecule has 30 heavy (non-hydrogen) atoms. The van der Waals surface area contributed by atoms with Crippen LogP contribution in [0.3, 0.4) is 0 Å². The molecule has 7 nitrogen and oxygen atoms in total. The molecular formula is C23H23N5O2. The highest BCUT2D eigenvalue weighted by Crippen LogP contribution is 2.27. The molecule has 0 fully saturated rings. The summed E-state index contributed by atoms with van der Waals surface area (Å²) in [7, 11) is 0. The molecule has 1 atom stereocenters. The van der Waals surface area contributed by atoms with Crippen LogP contribution in [-0.2, 0) is 4.79 Å². The van der Waals surface area contributed by atoms with Gasteiger partial charge in [-0.25, -0.2) is 0 Å². The van der Waals surface area contributed by atoms with E-state index < -0.39 is 12.5 Å². The standard InChI is InChI=1S/C23H23N5O2/c1-15-20-10-17(7-8-21(20)28-27-15)18-9-19(12-24-11-18)26-22(13-25-23(30)14-29)16-5-3-2-4-6-16/h2-12,22,26,29H,13-14H2,1H3,(H,25,30)(H,27,28). The van der Waals surface area contributed by atoms with E-state index in [0.717, 1.165) is 39.0 Å². The first-order chi connectivity index (χ1) is 14.6. The van der Waals surface area contributed by atoms with Gasteiger partial charge in [0.25, 0.3) is 0 Å². The van der Waals surface area contributed by atoms with Crippen molar-refractivity contribution in [2.45, 2.75) is 13.0 Å². The van der Waals surface area contributed by atoms with Gasteiger partial charge in [0.05, 0.1) is 17.2 Å². The summed E-state index contributed by atoms with van der Waals surface area (Å²) in [4.78, 5) is 15.9. The molecule has 0 radical (unpaired) electrons. The predicted octanol–water partition coefficient (Wildman–Crippen LogP) is 3.20. The average molecular weight is 401 g/mol. The van der Waals surface area contributed by atoms with Gasteiger partial charge in [-0.05, 0) is 36.2 Å². The minimum absolute atomic E-state index is 0.169. The van der Waals surface area contributed by atoms with Gasteiger partial charge < -0.3 is 15.7 Å². The molecule has 2 aromatic heterocycles. The number of aliphatic hydroxyl groups is 1. The van der Waals surface area contributed by atoms with Crippen LogP contribution in [0.5, 0.6) is 0 Å². The van der Waals surface area contributed by atoms with E-state index in [2.05, 4.69) is 31.9 Å². The first-order valence-electron chi connectivity index (χ1n) is 9.73. The van der Waals surface area contributed by atoms with Crippen LogP contribution in [0.4, 0.5) is 5.69 Å². The summed E-state index contributed by atoms with van der Waals surface area (Å²) in [5.74, 6) is -0.409. The number of aromatic nitrogens is 3. The molecule has 0 aliphatic rings. The molecule has 0 bridgehead atoms. The van der Waals surface area contributed by atoms with Crippen molar-refractivity contribution in [2.24, 2.45) is 0 Å². The van der Waals surface area contributed by atoms with Gasteiger partial charge in [0.1, 0.15) is 6.61 Å². The third-order valence-corrected chi connectivity index (χ3v) is 5.01. The van der Waals surface area contributed by atoms with Gasteiger partial charge in [-0.2, -0.15) is 5.10 Å². The number of carbonyl (C=O) groups is 1. The summed E-state index contributed by atoms with van der Waals surface area (Å²) < 4.78 is 0. The molecule has 1 amide bonds. The maximum Gasteiger partial charge on any atom is 0.245 e. The summed E-state index contributed by atoms with van der Waals surface area (Å²) >= 11 is 0. The second-order valence-electron chi connectivity index (χ2n) is 7.11. The third kappa shape index (κ3) is 4.31. The van der Waals surface area contributed by atoms with Crippen LogP contribution >= 0.6 is 0 Å². The Balaban J connectivity index is 1.60. The summed E-state index contributed by atoms with van der Waals surface area (Å²) in [6, 6.07) is 17.8. The molecule has 4 aromatic rings. The van der Waals surface area contributed by atoms with Gasteiger partial charge in [0.15, 0.2) is 0 Å². The van der Waals surface area contributed by atoms with Crippen molar-refractivity contribution in [3.05, 3.63) is 78.2 Å². The number of carbonyl (C=O) groups excluding carboxylic acids is 1. The van der Waals surface area contributed by atoms with Crippen LogP contribution in [0.25, 0.3) is 22.0 Å². The fourth-order valence-corrected chi connectivity index (χ4v) is 3.41. The van der Waals surface area contributed by atoms with Crippen molar-refractivity contribution in [3.63, 3.8) is 0 Å².